The highest BCUT2D eigenvalue weighted by molar-refractivity contribution is 9.10. The molecule has 16 heavy (non-hydrogen) atoms. The van der Waals surface area contributed by atoms with Gasteiger partial charge in [-0.3, -0.25) is 4.79 Å². The van der Waals surface area contributed by atoms with Crippen molar-refractivity contribution < 1.29 is 13.2 Å². The van der Waals surface area contributed by atoms with Crippen LogP contribution in [0.2, 0.25) is 0 Å². The van der Waals surface area contributed by atoms with Crippen LogP contribution in [0.4, 0.5) is 5.69 Å². The van der Waals surface area contributed by atoms with Crippen LogP contribution in [0.15, 0.2) is 22.7 Å². The van der Waals surface area contributed by atoms with Crippen LogP contribution in [-0.2, 0) is 9.84 Å². The lowest BCUT2D eigenvalue weighted by atomic mass is 10.1. The van der Waals surface area contributed by atoms with Gasteiger partial charge in [0.2, 0.25) is 0 Å². The Hall–Kier alpha value is -0.880. The molecule has 88 valence electrons. The molecule has 1 rings (SSSR count). The molecule has 6 heteroatoms. The average molecular weight is 306 g/mol. The Labute approximate surface area is 103 Å². The third-order valence-corrected chi connectivity index (χ3v) is 4.48. The molecule has 0 bridgehead atoms. The lowest BCUT2D eigenvalue weighted by Gasteiger charge is -2.09. The maximum atomic E-state index is 11.8. The van der Waals surface area contributed by atoms with E-state index in [9.17, 15) is 13.2 Å². The smallest absolute Gasteiger partial charge is 0.180 e. The molecule has 0 spiro atoms. The first-order valence-corrected chi connectivity index (χ1v) is 7.26. The topological polar surface area (TPSA) is 77.2 Å². The molecule has 2 N–H and O–H groups in total. The standard InChI is InChI=1S/C10H12BrNO3S/c1-6(16(2,14)15)10(13)7-3-4-9(12)8(11)5-7/h3-6H,12H2,1-2H3. The maximum absolute atomic E-state index is 11.8. The molecule has 0 amide bonds. The summed E-state index contributed by atoms with van der Waals surface area (Å²) in [6.07, 6.45) is 1.04. The molecule has 0 radical (unpaired) electrons. The molecule has 0 aliphatic heterocycles. The Kier molecular flexibility index (Phi) is 3.75. The number of Topliss-reactive ketones (excluding diaryl/α,β-unsaturated/α-hetero) is 1. The summed E-state index contributed by atoms with van der Waals surface area (Å²) in [5.74, 6) is -0.428. The summed E-state index contributed by atoms with van der Waals surface area (Å²) >= 11 is 3.19. The first-order valence-electron chi connectivity index (χ1n) is 4.51. The molecule has 0 saturated heterocycles. The van der Waals surface area contributed by atoms with Crippen LogP contribution < -0.4 is 5.73 Å². The predicted molar refractivity (Wildman–Crippen MR) is 67.2 cm³/mol. The van der Waals surface area contributed by atoms with Crippen LogP contribution in [0.5, 0.6) is 0 Å². The number of rotatable bonds is 3. The van der Waals surface area contributed by atoms with Crippen molar-refractivity contribution in [1.29, 1.82) is 0 Å². The molecule has 4 nitrogen and oxygen atoms in total. The van der Waals surface area contributed by atoms with Crippen LogP contribution in [-0.4, -0.2) is 25.7 Å². The first kappa shape index (κ1) is 13.2. The molecule has 1 aromatic carbocycles. The molecule has 0 heterocycles. The molecule has 0 fully saturated rings. The molecule has 1 aromatic rings. The van der Waals surface area contributed by atoms with Gasteiger partial charge < -0.3 is 5.73 Å². The Morgan fingerprint density at radius 3 is 2.44 bits per heavy atom. The Morgan fingerprint density at radius 1 is 1.44 bits per heavy atom. The minimum atomic E-state index is -3.37. The SMILES string of the molecule is CC(C(=O)c1ccc(N)c(Br)c1)S(C)(=O)=O. The van der Waals surface area contributed by atoms with Gasteiger partial charge in [-0.2, -0.15) is 0 Å². The summed E-state index contributed by atoms with van der Waals surface area (Å²) in [5.41, 5.74) is 6.41. The van der Waals surface area contributed by atoms with E-state index in [0.29, 0.717) is 15.7 Å². The number of carbonyl (C=O) groups excluding carboxylic acids is 1. The van der Waals surface area contributed by atoms with E-state index in [1.807, 2.05) is 0 Å². The van der Waals surface area contributed by atoms with Gasteiger partial charge >= 0.3 is 0 Å². The fourth-order valence-electron chi connectivity index (χ4n) is 1.11. The van der Waals surface area contributed by atoms with Gasteiger partial charge in [-0.05, 0) is 41.1 Å². The second-order valence-corrected chi connectivity index (χ2v) is 6.79. The molecule has 1 unspecified atom stereocenters. The van der Waals surface area contributed by atoms with E-state index in [0.717, 1.165) is 6.26 Å². The fraction of sp³-hybridized carbons (Fsp3) is 0.300. The Balaban J connectivity index is 3.11. The van der Waals surface area contributed by atoms with Crippen LogP contribution >= 0.6 is 15.9 Å². The Bertz CT molecular complexity index is 525. The van der Waals surface area contributed by atoms with Crippen molar-refractivity contribution in [3.63, 3.8) is 0 Å². The van der Waals surface area contributed by atoms with Gasteiger partial charge in [0, 0.05) is 22.0 Å². The van der Waals surface area contributed by atoms with Crippen LogP contribution in [0, 0.1) is 0 Å². The first-order chi connectivity index (χ1) is 7.23. The minimum absolute atomic E-state index is 0.332. The van der Waals surface area contributed by atoms with Crippen molar-refractivity contribution in [2.45, 2.75) is 12.2 Å². The van der Waals surface area contributed by atoms with Crippen LogP contribution in [0.25, 0.3) is 0 Å². The number of ketones is 1. The summed E-state index contributed by atoms with van der Waals surface area (Å²) in [6.45, 7) is 1.38. The molecule has 1 atom stereocenters. The quantitative estimate of drug-likeness (QED) is 0.680. The van der Waals surface area contributed by atoms with E-state index in [2.05, 4.69) is 15.9 Å². The van der Waals surface area contributed by atoms with Gasteiger partial charge in [0.1, 0.15) is 5.25 Å². The summed E-state index contributed by atoms with van der Waals surface area (Å²) in [4.78, 5) is 11.8. The van der Waals surface area contributed by atoms with Crippen molar-refractivity contribution >= 4 is 37.2 Å². The molecular formula is C10H12BrNO3S. The van der Waals surface area contributed by atoms with E-state index in [-0.39, 0.29) is 0 Å². The summed E-state index contributed by atoms with van der Waals surface area (Å²) in [6, 6.07) is 4.61. The van der Waals surface area contributed by atoms with Crippen LogP contribution in [0.3, 0.4) is 0 Å². The number of hydrogen-bond acceptors (Lipinski definition) is 4. The van der Waals surface area contributed by atoms with E-state index >= 15 is 0 Å². The zero-order valence-electron chi connectivity index (χ0n) is 8.90. The van der Waals surface area contributed by atoms with E-state index in [1.54, 1.807) is 6.07 Å². The van der Waals surface area contributed by atoms with Gasteiger partial charge in [-0.15, -0.1) is 0 Å². The number of sulfone groups is 1. The highest BCUT2D eigenvalue weighted by Gasteiger charge is 2.24. The third-order valence-electron chi connectivity index (χ3n) is 2.30. The number of anilines is 1. The second-order valence-electron chi connectivity index (χ2n) is 3.57. The minimum Gasteiger partial charge on any atom is -0.398 e. The number of hydrogen-bond donors (Lipinski definition) is 1. The number of nitrogens with two attached hydrogens (primary N) is 1. The van der Waals surface area contributed by atoms with E-state index in [1.165, 1.54) is 19.1 Å². The lowest BCUT2D eigenvalue weighted by molar-refractivity contribution is 0.0991. The number of benzene rings is 1. The number of halogens is 1. The van der Waals surface area contributed by atoms with Crippen molar-refractivity contribution in [3.05, 3.63) is 28.2 Å². The normalized spacial score (nSPS) is 13.4. The number of nitrogen functional groups attached to an aromatic ring is 1. The highest BCUT2D eigenvalue weighted by Crippen LogP contribution is 2.22. The van der Waals surface area contributed by atoms with E-state index < -0.39 is 20.9 Å². The van der Waals surface area contributed by atoms with E-state index in [4.69, 9.17) is 5.73 Å². The lowest BCUT2D eigenvalue weighted by Crippen LogP contribution is -2.26. The average Bonchev–Trinajstić information content (AvgIpc) is 2.18. The number of carbonyl (C=O) groups is 1. The predicted octanol–water partition coefficient (Wildman–Crippen LogP) is 1.65. The molecular weight excluding hydrogens is 294 g/mol. The van der Waals surface area contributed by atoms with Crippen LogP contribution in [0.1, 0.15) is 17.3 Å². The van der Waals surface area contributed by atoms with Gasteiger partial charge in [-0.1, -0.05) is 0 Å². The van der Waals surface area contributed by atoms with Crippen molar-refractivity contribution in [2.75, 3.05) is 12.0 Å². The largest absolute Gasteiger partial charge is 0.398 e. The Morgan fingerprint density at radius 2 is 2.00 bits per heavy atom. The fourth-order valence-corrected chi connectivity index (χ4v) is 2.01. The van der Waals surface area contributed by atoms with Gasteiger partial charge in [0.15, 0.2) is 15.6 Å². The zero-order valence-corrected chi connectivity index (χ0v) is 11.3. The third kappa shape index (κ3) is 2.82. The molecule has 0 aliphatic rings. The molecule has 0 aromatic heterocycles. The van der Waals surface area contributed by atoms with Crippen molar-refractivity contribution in [2.24, 2.45) is 0 Å². The molecule has 0 saturated carbocycles. The second kappa shape index (κ2) is 4.55. The van der Waals surface area contributed by atoms with Crippen molar-refractivity contribution in [3.8, 4) is 0 Å². The summed E-state index contributed by atoms with van der Waals surface area (Å²) in [7, 11) is -3.37. The molecule has 0 aliphatic carbocycles. The van der Waals surface area contributed by atoms with Gasteiger partial charge in [0.05, 0.1) is 0 Å². The summed E-state index contributed by atoms with van der Waals surface area (Å²) in [5, 5.41) is -1.04. The summed E-state index contributed by atoms with van der Waals surface area (Å²) < 4.78 is 23.1. The monoisotopic (exact) mass is 305 g/mol. The maximum Gasteiger partial charge on any atom is 0.180 e. The highest BCUT2D eigenvalue weighted by atomic mass is 79.9. The van der Waals surface area contributed by atoms with Gasteiger partial charge in [-0.25, -0.2) is 8.42 Å². The van der Waals surface area contributed by atoms with Crippen molar-refractivity contribution in [1.82, 2.24) is 0 Å². The van der Waals surface area contributed by atoms with Gasteiger partial charge in [0.25, 0.3) is 0 Å². The zero-order chi connectivity index (χ0) is 12.5.